The molecule has 1 saturated heterocycles. The summed E-state index contributed by atoms with van der Waals surface area (Å²) in [6.07, 6.45) is 0.147. The van der Waals surface area contributed by atoms with Crippen LogP contribution in [0.25, 0.3) is 0 Å². The Morgan fingerprint density at radius 1 is 1.20 bits per heavy atom. The molecule has 1 aliphatic rings. The second kappa shape index (κ2) is 7.72. The van der Waals surface area contributed by atoms with Crippen LogP contribution < -0.4 is 10.2 Å². The molecule has 7 heteroatoms. The van der Waals surface area contributed by atoms with Gasteiger partial charge in [0.05, 0.1) is 5.69 Å². The number of amidine groups is 1. The van der Waals surface area contributed by atoms with Crippen molar-refractivity contribution in [1.29, 1.82) is 0 Å². The second-order valence-corrected chi connectivity index (χ2v) is 7.01. The Labute approximate surface area is 155 Å². The summed E-state index contributed by atoms with van der Waals surface area (Å²) in [6.45, 7) is 0. The van der Waals surface area contributed by atoms with Gasteiger partial charge in [0.15, 0.2) is 5.17 Å². The standard InChI is InChI=1S/C18H16ClN3O2S/c1-20-18(21-13-7-5-6-12(19)10-13)25-15-11-16(23)22(17(15)24)14-8-3-2-4-9-14/h2-10,15H,11H2,1H3,(H,20,21)/t15-/m0/s1. The fourth-order valence-corrected chi connectivity index (χ4v) is 3.68. The quantitative estimate of drug-likeness (QED) is 0.505. The first-order valence-electron chi connectivity index (χ1n) is 7.66. The number of anilines is 2. The first-order valence-corrected chi connectivity index (χ1v) is 8.92. The molecule has 25 heavy (non-hydrogen) atoms. The van der Waals surface area contributed by atoms with Gasteiger partial charge in [-0.25, -0.2) is 4.90 Å². The molecule has 2 amide bonds. The van der Waals surface area contributed by atoms with Gasteiger partial charge in [0.25, 0.3) is 0 Å². The van der Waals surface area contributed by atoms with E-state index in [1.54, 1.807) is 43.4 Å². The molecule has 0 aromatic heterocycles. The molecule has 2 aromatic rings. The minimum atomic E-state index is -0.502. The number of thioether (sulfide) groups is 1. The average Bonchev–Trinajstić information content (AvgIpc) is 2.88. The zero-order chi connectivity index (χ0) is 17.8. The summed E-state index contributed by atoms with van der Waals surface area (Å²) in [7, 11) is 1.64. The van der Waals surface area contributed by atoms with Gasteiger partial charge in [-0.05, 0) is 30.3 Å². The van der Waals surface area contributed by atoms with E-state index in [-0.39, 0.29) is 18.2 Å². The fourth-order valence-electron chi connectivity index (χ4n) is 2.51. The van der Waals surface area contributed by atoms with Crippen molar-refractivity contribution in [2.45, 2.75) is 11.7 Å². The third-order valence-electron chi connectivity index (χ3n) is 3.65. The van der Waals surface area contributed by atoms with Crippen molar-refractivity contribution >= 4 is 51.7 Å². The molecule has 0 aliphatic carbocycles. The molecule has 0 saturated carbocycles. The largest absolute Gasteiger partial charge is 0.335 e. The van der Waals surface area contributed by atoms with Gasteiger partial charge in [-0.3, -0.25) is 14.6 Å². The zero-order valence-corrected chi connectivity index (χ0v) is 15.1. The highest BCUT2D eigenvalue weighted by Gasteiger charge is 2.40. The minimum absolute atomic E-state index is 0.147. The molecule has 1 heterocycles. The third kappa shape index (κ3) is 4.03. The van der Waals surface area contributed by atoms with Gasteiger partial charge in [-0.15, -0.1) is 0 Å². The molecular formula is C18H16ClN3O2S. The molecule has 3 rings (SSSR count). The van der Waals surface area contributed by atoms with Gasteiger partial charge in [-0.2, -0.15) is 0 Å². The molecule has 0 unspecified atom stereocenters. The Hall–Kier alpha value is -2.31. The predicted octanol–water partition coefficient (Wildman–Crippen LogP) is 3.80. The molecule has 1 fully saturated rings. The monoisotopic (exact) mass is 373 g/mol. The summed E-state index contributed by atoms with van der Waals surface area (Å²) in [5, 5.41) is 3.79. The lowest BCUT2D eigenvalue weighted by Gasteiger charge is -2.15. The zero-order valence-electron chi connectivity index (χ0n) is 13.5. The van der Waals surface area contributed by atoms with Crippen LogP contribution in [0.4, 0.5) is 11.4 Å². The summed E-state index contributed by atoms with van der Waals surface area (Å²) in [6, 6.07) is 16.2. The molecule has 1 atom stereocenters. The summed E-state index contributed by atoms with van der Waals surface area (Å²) < 4.78 is 0. The smallest absolute Gasteiger partial charge is 0.247 e. The fraction of sp³-hybridized carbons (Fsp3) is 0.167. The number of aliphatic imine (C=N–C) groups is 1. The summed E-state index contributed by atoms with van der Waals surface area (Å²) in [4.78, 5) is 30.4. The minimum Gasteiger partial charge on any atom is -0.335 e. The van der Waals surface area contributed by atoms with E-state index in [2.05, 4.69) is 10.3 Å². The lowest BCUT2D eigenvalue weighted by molar-refractivity contribution is -0.121. The highest BCUT2D eigenvalue weighted by molar-refractivity contribution is 8.15. The summed E-state index contributed by atoms with van der Waals surface area (Å²) in [5.41, 5.74) is 1.37. The van der Waals surface area contributed by atoms with Gasteiger partial charge in [-0.1, -0.05) is 47.6 Å². The van der Waals surface area contributed by atoms with Crippen molar-refractivity contribution in [2.75, 3.05) is 17.3 Å². The van der Waals surface area contributed by atoms with Gasteiger partial charge in [0.2, 0.25) is 11.8 Å². The number of nitrogens with one attached hydrogen (secondary N) is 1. The van der Waals surface area contributed by atoms with Crippen molar-refractivity contribution in [3.05, 3.63) is 59.6 Å². The van der Waals surface area contributed by atoms with E-state index in [0.29, 0.717) is 15.9 Å². The predicted molar refractivity (Wildman–Crippen MR) is 103 cm³/mol. The van der Waals surface area contributed by atoms with Crippen molar-refractivity contribution in [3.8, 4) is 0 Å². The molecule has 1 N–H and O–H groups in total. The number of hydrogen-bond donors (Lipinski definition) is 1. The van der Waals surface area contributed by atoms with E-state index in [0.717, 1.165) is 5.69 Å². The normalized spacial score (nSPS) is 17.9. The highest BCUT2D eigenvalue weighted by Crippen LogP contribution is 2.30. The molecule has 5 nitrogen and oxygen atoms in total. The van der Waals surface area contributed by atoms with Crippen molar-refractivity contribution < 1.29 is 9.59 Å². The number of carbonyl (C=O) groups is 2. The Morgan fingerprint density at radius 3 is 2.64 bits per heavy atom. The number of halogens is 1. The molecule has 2 aromatic carbocycles. The first-order chi connectivity index (χ1) is 12.1. The maximum absolute atomic E-state index is 12.7. The van der Waals surface area contributed by atoms with Crippen LogP contribution in [-0.4, -0.2) is 29.3 Å². The van der Waals surface area contributed by atoms with E-state index in [9.17, 15) is 9.59 Å². The summed E-state index contributed by atoms with van der Waals surface area (Å²) >= 11 is 7.23. The number of imide groups is 1. The van der Waals surface area contributed by atoms with Crippen LogP contribution in [0.2, 0.25) is 5.02 Å². The number of carbonyl (C=O) groups excluding carboxylic acids is 2. The Kier molecular flexibility index (Phi) is 5.40. The molecule has 0 bridgehead atoms. The van der Waals surface area contributed by atoms with Gasteiger partial charge in [0.1, 0.15) is 5.25 Å². The van der Waals surface area contributed by atoms with Gasteiger partial charge in [0, 0.05) is 24.2 Å². The molecule has 1 aliphatic heterocycles. The Balaban J connectivity index is 1.72. The Bertz CT molecular complexity index is 826. The van der Waals surface area contributed by atoms with Gasteiger partial charge < -0.3 is 5.32 Å². The molecule has 128 valence electrons. The number of nitrogens with zero attached hydrogens (tertiary/aromatic N) is 2. The van der Waals surface area contributed by atoms with E-state index in [1.807, 2.05) is 18.2 Å². The Morgan fingerprint density at radius 2 is 1.96 bits per heavy atom. The van der Waals surface area contributed by atoms with Crippen LogP contribution in [-0.2, 0) is 9.59 Å². The number of benzene rings is 2. The molecular weight excluding hydrogens is 358 g/mol. The van der Waals surface area contributed by atoms with E-state index < -0.39 is 5.25 Å². The maximum Gasteiger partial charge on any atom is 0.247 e. The third-order valence-corrected chi connectivity index (χ3v) is 5.05. The number of rotatable bonds is 3. The van der Waals surface area contributed by atoms with Crippen molar-refractivity contribution in [2.24, 2.45) is 4.99 Å². The first kappa shape index (κ1) is 17.5. The number of hydrogen-bond acceptors (Lipinski definition) is 4. The van der Waals surface area contributed by atoms with Crippen LogP contribution in [0.3, 0.4) is 0 Å². The number of amides is 2. The summed E-state index contributed by atoms with van der Waals surface area (Å²) in [5.74, 6) is -0.429. The van der Waals surface area contributed by atoms with Crippen LogP contribution in [0.1, 0.15) is 6.42 Å². The van der Waals surface area contributed by atoms with Crippen LogP contribution >= 0.6 is 23.4 Å². The van der Waals surface area contributed by atoms with E-state index in [1.165, 1.54) is 16.7 Å². The van der Waals surface area contributed by atoms with Crippen LogP contribution in [0, 0.1) is 0 Å². The topological polar surface area (TPSA) is 61.8 Å². The average molecular weight is 374 g/mol. The highest BCUT2D eigenvalue weighted by atomic mass is 35.5. The SMILES string of the molecule is CN=C(Nc1cccc(Cl)c1)S[C@H]1CC(=O)N(c2ccccc2)C1=O. The van der Waals surface area contributed by atoms with Crippen molar-refractivity contribution in [1.82, 2.24) is 0 Å². The lowest BCUT2D eigenvalue weighted by Crippen LogP contribution is -2.31. The molecule has 0 spiro atoms. The second-order valence-electron chi connectivity index (χ2n) is 5.38. The lowest BCUT2D eigenvalue weighted by atomic mass is 10.3. The van der Waals surface area contributed by atoms with Crippen LogP contribution in [0.15, 0.2) is 59.6 Å². The van der Waals surface area contributed by atoms with Crippen LogP contribution in [0.5, 0.6) is 0 Å². The molecule has 0 radical (unpaired) electrons. The van der Waals surface area contributed by atoms with Gasteiger partial charge >= 0.3 is 0 Å². The maximum atomic E-state index is 12.7. The number of para-hydroxylation sites is 1. The van der Waals surface area contributed by atoms with Crippen molar-refractivity contribution in [3.63, 3.8) is 0 Å². The van der Waals surface area contributed by atoms with E-state index >= 15 is 0 Å². The van der Waals surface area contributed by atoms with E-state index in [4.69, 9.17) is 11.6 Å².